The molecule has 0 amide bonds. The van der Waals surface area contributed by atoms with Crippen LogP contribution in [0.4, 0.5) is 40.8 Å². The van der Waals surface area contributed by atoms with E-state index in [0.717, 1.165) is 165 Å². The second-order valence-corrected chi connectivity index (χ2v) is 36.8. The number of benzene rings is 8. The Labute approximate surface area is 822 Å². The van der Waals surface area contributed by atoms with E-state index in [1.807, 2.05) is 176 Å². The van der Waals surface area contributed by atoms with Gasteiger partial charge in [0.1, 0.15) is 68.1 Å². The van der Waals surface area contributed by atoms with Crippen LogP contribution in [-0.2, 0) is 22.2 Å². The molecule has 0 bridgehead atoms. The smallest absolute Gasteiger partial charge is 0.508 e. The zero-order chi connectivity index (χ0) is 98.9. The minimum absolute atomic E-state index is 0.161. The van der Waals surface area contributed by atoms with Gasteiger partial charge in [0.15, 0.2) is 63.2 Å². The first-order valence-corrected chi connectivity index (χ1v) is 47.3. The van der Waals surface area contributed by atoms with Crippen LogP contribution in [0.15, 0.2) is 320 Å². The number of alkyl halides is 3. The predicted molar refractivity (Wildman–Crippen MR) is 551 cm³/mol. The van der Waals surface area contributed by atoms with E-state index >= 15 is 0 Å². The molecule has 4 aliphatic carbocycles. The van der Waals surface area contributed by atoms with Crippen molar-refractivity contribution in [3.63, 3.8) is 0 Å². The largest absolute Gasteiger partial charge is 0.573 e. The van der Waals surface area contributed by atoms with Gasteiger partial charge in [-0.15, -0.1) is 13.2 Å². The fraction of sp³-hybridized carbons (Fsp3) is 0.161. The molecule has 8 aromatic carbocycles. The Morgan fingerprint density at radius 2 is 0.674 bits per heavy atom. The third-order valence-corrected chi connectivity index (χ3v) is 27.8. The van der Waals surface area contributed by atoms with Crippen LogP contribution in [0.2, 0.25) is 0 Å². The first kappa shape index (κ1) is 91.6. The number of rotatable bonds is 18. The number of furan rings is 1. The minimum atomic E-state index is -4.79. The monoisotopic (exact) mass is 1920 g/mol. The number of nitrogens with two attached hydrogens (primary N) is 8. The van der Waals surface area contributed by atoms with Crippen molar-refractivity contribution in [3.8, 4) is 131 Å². The van der Waals surface area contributed by atoms with Gasteiger partial charge in [0.05, 0.1) is 46.4 Å². The molecular formula is C112H96F4N24O4. The highest BCUT2D eigenvalue weighted by Gasteiger charge is 2.39. The van der Waals surface area contributed by atoms with Crippen molar-refractivity contribution < 1.29 is 36.6 Å². The number of methoxy groups -OCH3 is 1. The van der Waals surface area contributed by atoms with E-state index < -0.39 is 12.2 Å². The maximum atomic E-state index is 14.0. The van der Waals surface area contributed by atoms with Gasteiger partial charge in [-0.1, -0.05) is 78.9 Å². The fourth-order valence-corrected chi connectivity index (χ4v) is 19.1. The van der Waals surface area contributed by atoms with Crippen molar-refractivity contribution in [3.05, 3.63) is 344 Å². The van der Waals surface area contributed by atoms with Crippen molar-refractivity contribution in [2.75, 3.05) is 30.0 Å². The lowest BCUT2D eigenvalue weighted by Crippen LogP contribution is -2.43. The molecule has 4 aliphatic rings. The van der Waals surface area contributed by atoms with Crippen LogP contribution < -0.4 is 55.3 Å². The van der Waals surface area contributed by atoms with Crippen molar-refractivity contribution in [2.24, 2.45) is 22.9 Å². The SMILES string of the molecule is COc1cc(-c2ccc3nc(-c4cccnc4N)n(-c4ccc(C5(N)CCC5)cc4)c3n2)ccc1F.Nc1ncccc1-c1nc2ccc(-c3cc4ccccc4o3)nc2n1-c1ccc(C2(N)CCC2)cc1.Nc1ncccc1-c1nc2ccc(-c3ccc(O)cc3)nc2n1-c1ccc(C2(N)CCC2)cc1.Nc1ncccc1-c1nc2ccc(-c3cccc(OC(F)(F)F)c3)nc2n1-c1ccc(C2(N)CCC2)cc1. The lowest BCUT2D eigenvalue weighted by molar-refractivity contribution is -0.274. The molecule has 32 heteroatoms. The highest BCUT2D eigenvalue weighted by Crippen LogP contribution is 2.47. The standard InChI is InChI=1S/C29H24N6O.C28H23F3N6O.C28H25FN6O.C27H24N6O/c30-26-21(6-3-16-32-26)27-34-23-13-12-22(25-17-18-5-1-2-7-24(18)36-25)33-28(23)35(27)20-10-8-19(9-11-20)29(31)14-4-15-29;29-28(30,31)38-20-5-1-4-17(16-20)22-11-12-23-26(35-22)37(25(36-23)21-6-2-15-34-24(21)32)19-9-7-18(8-10-19)27(33)13-3-14-27;1-36-24-16-17(5-10-21(24)29)22-11-12-23-27(33-22)35(26(34-23)20-4-2-15-32-25(20)30)19-8-6-18(7-9-19)28(31)13-3-14-28;28-24-21(3-1-16-30-24)25-32-23-13-12-22(17-4-10-20(34)11-5-17)31-26(23)33(25)19-8-6-18(7-9-19)27(29)14-2-15-27/h1-3,5-13,16-17H,4,14-15,31H2,(H2,30,32);1-2,4-12,15-16H,3,13-14,33H2,(H2,32,34);2,4-12,15-16H,3,13-14,31H2,1H3,(H2,30,32);1,3-13,16,34H,2,14-15,29H2,(H2,28,30). The number of nitrogens with zero attached hydrogens (tertiary/aromatic N) is 16. The molecule has 13 heterocycles. The molecule has 4 saturated carbocycles. The molecule has 0 saturated heterocycles. The first-order chi connectivity index (χ1) is 69.8. The van der Waals surface area contributed by atoms with Crippen molar-refractivity contribution in [2.45, 2.75) is 106 Å². The molecule has 17 N–H and O–H groups in total. The third-order valence-electron chi connectivity index (χ3n) is 27.8. The predicted octanol–water partition coefficient (Wildman–Crippen LogP) is 21.8. The summed E-state index contributed by atoms with van der Waals surface area (Å²) in [6.07, 6.45) is 14.3. The summed E-state index contributed by atoms with van der Waals surface area (Å²) in [7, 11) is 1.44. The van der Waals surface area contributed by atoms with Crippen molar-refractivity contribution >= 4 is 78.9 Å². The van der Waals surface area contributed by atoms with E-state index in [9.17, 15) is 22.7 Å². The molecule has 0 unspecified atom stereocenters. The van der Waals surface area contributed by atoms with E-state index in [1.54, 1.807) is 73.3 Å². The number of pyridine rings is 8. The van der Waals surface area contributed by atoms with Crippen LogP contribution in [0, 0.1) is 5.82 Å². The number of hydrogen-bond donors (Lipinski definition) is 9. The van der Waals surface area contributed by atoms with Crippen LogP contribution in [0.3, 0.4) is 0 Å². The molecule has 0 aliphatic heterocycles. The van der Waals surface area contributed by atoms with E-state index in [0.29, 0.717) is 114 Å². The van der Waals surface area contributed by atoms with Crippen molar-refractivity contribution in [1.29, 1.82) is 0 Å². The zero-order valence-electron chi connectivity index (χ0n) is 78.0. The molecular weight excluding hydrogens is 1820 g/mol. The second-order valence-electron chi connectivity index (χ2n) is 36.8. The average Bonchev–Trinajstić information content (AvgIpc) is 1.61. The molecule has 28 nitrogen and oxygen atoms in total. The third kappa shape index (κ3) is 17.5. The van der Waals surface area contributed by atoms with Gasteiger partial charge >= 0.3 is 6.36 Å². The highest BCUT2D eigenvalue weighted by molar-refractivity contribution is 5.91. The van der Waals surface area contributed by atoms with Crippen molar-refractivity contribution in [1.82, 2.24) is 78.1 Å². The highest BCUT2D eigenvalue weighted by atomic mass is 19.4. The number of phenols is 1. The Morgan fingerprint density at radius 1 is 0.340 bits per heavy atom. The summed E-state index contributed by atoms with van der Waals surface area (Å²) in [5, 5.41) is 10.7. The average molecular weight is 1920 g/mol. The lowest BCUT2D eigenvalue weighted by atomic mass is 9.73. The number of ether oxygens (including phenoxy) is 2. The Balaban J connectivity index is 0.000000110. The maximum absolute atomic E-state index is 14.0. The number of imidazole rings is 4. The van der Waals surface area contributed by atoms with Gasteiger partial charge in [0, 0.05) is 91.8 Å². The van der Waals surface area contributed by atoms with Crippen LogP contribution in [0.1, 0.15) is 99.3 Å². The second kappa shape index (κ2) is 37.0. The molecule has 25 rings (SSSR count). The van der Waals surface area contributed by atoms with Gasteiger partial charge < -0.3 is 64.9 Å². The Bertz CT molecular complexity index is 8410. The fourth-order valence-electron chi connectivity index (χ4n) is 19.1. The quantitative estimate of drug-likeness (QED) is 0.0360. The summed E-state index contributed by atoms with van der Waals surface area (Å²) in [6, 6.07) is 90.2. The van der Waals surface area contributed by atoms with E-state index in [1.165, 1.54) is 44.2 Å². The summed E-state index contributed by atoms with van der Waals surface area (Å²) in [6.45, 7) is 0. The number of hydrogen-bond acceptors (Lipinski definition) is 24. The summed E-state index contributed by atoms with van der Waals surface area (Å²) in [5.74, 6) is 4.39. The van der Waals surface area contributed by atoms with E-state index in [-0.39, 0.29) is 39.4 Å². The van der Waals surface area contributed by atoms with Gasteiger partial charge in [-0.25, -0.2) is 64.2 Å². The zero-order valence-corrected chi connectivity index (χ0v) is 78.0. The number of aromatic hydroxyl groups is 1. The number of para-hydroxylation sites is 1. The number of phenolic OH excluding ortho intramolecular Hbond substituents is 1. The molecule has 0 atom stereocenters. The molecule has 144 heavy (non-hydrogen) atoms. The normalized spacial score (nSPS) is 14.7. The van der Waals surface area contributed by atoms with Crippen LogP contribution in [0.25, 0.3) is 169 Å². The Kier molecular flexibility index (Phi) is 23.5. The Morgan fingerprint density at radius 3 is 1.01 bits per heavy atom. The van der Waals surface area contributed by atoms with Gasteiger partial charge in [0.2, 0.25) is 0 Å². The van der Waals surface area contributed by atoms with E-state index in [2.05, 4.69) is 85.3 Å². The lowest BCUT2D eigenvalue weighted by Gasteiger charge is -2.38. The topological polar surface area (TPSA) is 434 Å². The van der Waals surface area contributed by atoms with E-state index in [4.69, 9.17) is 94.9 Å². The maximum Gasteiger partial charge on any atom is 0.573 e. The number of fused-ring (bicyclic) bond motifs is 5. The van der Waals surface area contributed by atoms with Gasteiger partial charge in [-0.05, 0) is 312 Å². The summed E-state index contributed by atoms with van der Waals surface area (Å²) in [4.78, 5) is 56.2. The summed E-state index contributed by atoms with van der Waals surface area (Å²) < 4.78 is 75.6. The Hall–Kier alpha value is -17.5. The summed E-state index contributed by atoms with van der Waals surface area (Å²) in [5.41, 5.74) is 71.9. The molecule has 13 aromatic heterocycles. The van der Waals surface area contributed by atoms with Crippen LogP contribution in [-0.4, -0.2) is 96.7 Å². The van der Waals surface area contributed by atoms with Crippen LogP contribution >= 0.6 is 0 Å². The number of aromatic nitrogens is 16. The minimum Gasteiger partial charge on any atom is -0.508 e. The number of halogens is 4. The van der Waals surface area contributed by atoms with Gasteiger partial charge in [0.25, 0.3) is 0 Å². The first-order valence-electron chi connectivity index (χ1n) is 47.3. The molecule has 21 aromatic rings. The molecule has 4 fully saturated rings. The van der Waals surface area contributed by atoms with Gasteiger partial charge in [-0.3, -0.25) is 18.3 Å². The summed E-state index contributed by atoms with van der Waals surface area (Å²) >= 11 is 0. The number of nitrogen functional groups attached to an aromatic ring is 4. The molecule has 0 radical (unpaired) electrons. The number of anilines is 4. The molecule has 0 spiro atoms. The van der Waals surface area contributed by atoms with Crippen LogP contribution in [0.5, 0.6) is 17.2 Å². The van der Waals surface area contributed by atoms with Gasteiger partial charge in [-0.2, -0.15) is 0 Å². The molecule has 716 valence electrons.